The molecule has 1 heterocycles. The van der Waals surface area contributed by atoms with Crippen LogP contribution in [0, 0.1) is 10.1 Å². The van der Waals surface area contributed by atoms with E-state index in [-0.39, 0.29) is 17.4 Å². The molecule has 1 aliphatic heterocycles. The molecule has 2 aromatic rings. The highest BCUT2D eigenvalue weighted by Gasteiger charge is 2.25. The molecule has 1 aliphatic rings. The maximum absolute atomic E-state index is 12.3. The lowest BCUT2D eigenvalue weighted by molar-refractivity contribution is -0.383. The zero-order valence-corrected chi connectivity index (χ0v) is 11.2. The van der Waals surface area contributed by atoms with Crippen molar-refractivity contribution < 1.29 is 9.72 Å². The molecule has 0 saturated heterocycles. The minimum atomic E-state index is -0.506. The first-order chi connectivity index (χ1) is 10.2. The van der Waals surface area contributed by atoms with E-state index in [1.54, 1.807) is 17.0 Å². The van der Waals surface area contributed by atoms with Crippen LogP contribution in [0.5, 0.6) is 0 Å². The second-order valence-electron chi connectivity index (χ2n) is 4.73. The molecule has 2 amide bonds. The predicted octanol–water partition coefficient (Wildman–Crippen LogP) is 3.19. The fraction of sp³-hybridized carbons (Fsp3) is 0.133. The van der Waals surface area contributed by atoms with Gasteiger partial charge in [-0.15, -0.1) is 0 Å². The molecular formula is C15H13N3O3. The largest absolute Gasteiger partial charge is 0.326 e. The van der Waals surface area contributed by atoms with Crippen LogP contribution in [0.1, 0.15) is 5.56 Å². The summed E-state index contributed by atoms with van der Waals surface area (Å²) in [5, 5.41) is 13.6. The molecule has 21 heavy (non-hydrogen) atoms. The fourth-order valence-electron chi connectivity index (χ4n) is 2.47. The summed E-state index contributed by atoms with van der Waals surface area (Å²) >= 11 is 0. The van der Waals surface area contributed by atoms with Gasteiger partial charge in [-0.1, -0.05) is 30.3 Å². The summed E-state index contributed by atoms with van der Waals surface area (Å²) in [5.74, 6) is 0. The third-order valence-electron chi connectivity index (χ3n) is 3.47. The van der Waals surface area contributed by atoms with Crippen molar-refractivity contribution in [2.24, 2.45) is 0 Å². The standard InChI is InChI=1S/C15H13N3O3/c19-15(16-12-6-2-4-8-14(12)18(20)21)17-10-9-11-5-1-3-7-13(11)17/h1-8H,9-10H2,(H,16,19). The zero-order chi connectivity index (χ0) is 14.8. The quantitative estimate of drug-likeness (QED) is 0.679. The molecule has 0 aliphatic carbocycles. The van der Waals surface area contributed by atoms with Gasteiger partial charge in [0.05, 0.1) is 4.92 Å². The number of para-hydroxylation sites is 3. The number of nitro groups is 1. The summed E-state index contributed by atoms with van der Waals surface area (Å²) in [5.41, 5.74) is 2.05. The van der Waals surface area contributed by atoms with Crippen LogP contribution < -0.4 is 10.2 Å². The molecule has 0 spiro atoms. The Hall–Kier alpha value is -2.89. The van der Waals surface area contributed by atoms with E-state index < -0.39 is 4.92 Å². The van der Waals surface area contributed by atoms with E-state index in [2.05, 4.69) is 5.32 Å². The SMILES string of the molecule is O=C(Nc1ccccc1[N+](=O)[O-])N1CCc2ccccc21. The number of hydrogen-bond donors (Lipinski definition) is 1. The lowest BCUT2D eigenvalue weighted by Gasteiger charge is -2.18. The highest BCUT2D eigenvalue weighted by atomic mass is 16.6. The monoisotopic (exact) mass is 283 g/mol. The Morgan fingerprint density at radius 2 is 1.86 bits per heavy atom. The number of anilines is 2. The van der Waals surface area contributed by atoms with Crippen LogP contribution in [0.25, 0.3) is 0 Å². The van der Waals surface area contributed by atoms with Gasteiger partial charge in [0, 0.05) is 18.3 Å². The molecule has 0 unspecified atom stereocenters. The summed E-state index contributed by atoms with van der Waals surface area (Å²) < 4.78 is 0. The number of amides is 2. The van der Waals surface area contributed by atoms with Crippen molar-refractivity contribution >= 4 is 23.1 Å². The molecule has 0 atom stereocenters. The lowest BCUT2D eigenvalue weighted by Crippen LogP contribution is -2.33. The van der Waals surface area contributed by atoms with E-state index in [0.29, 0.717) is 6.54 Å². The number of rotatable bonds is 2. The number of nitro benzene ring substituents is 1. The number of carbonyl (C=O) groups excluding carboxylic acids is 1. The number of carbonyl (C=O) groups is 1. The predicted molar refractivity (Wildman–Crippen MR) is 79.6 cm³/mol. The summed E-state index contributed by atoms with van der Waals surface area (Å²) in [6.45, 7) is 0.575. The summed E-state index contributed by atoms with van der Waals surface area (Å²) in [4.78, 5) is 24.4. The number of hydrogen-bond acceptors (Lipinski definition) is 3. The average molecular weight is 283 g/mol. The zero-order valence-electron chi connectivity index (χ0n) is 11.2. The van der Waals surface area contributed by atoms with Crippen molar-refractivity contribution in [1.29, 1.82) is 0 Å². The van der Waals surface area contributed by atoms with Crippen molar-refractivity contribution in [2.45, 2.75) is 6.42 Å². The smallest absolute Gasteiger partial charge is 0.302 e. The number of benzene rings is 2. The summed E-state index contributed by atoms with van der Waals surface area (Å²) in [7, 11) is 0. The first kappa shape index (κ1) is 13.1. The average Bonchev–Trinajstić information content (AvgIpc) is 2.91. The van der Waals surface area contributed by atoms with Gasteiger partial charge in [0.25, 0.3) is 5.69 Å². The maximum Gasteiger partial charge on any atom is 0.326 e. The Balaban J connectivity index is 1.84. The Bertz CT molecular complexity index is 715. The van der Waals surface area contributed by atoms with Gasteiger partial charge in [-0.05, 0) is 24.1 Å². The van der Waals surface area contributed by atoms with E-state index in [0.717, 1.165) is 17.7 Å². The molecule has 3 rings (SSSR count). The van der Waals surface area contributed by atoms with Gasteiger partial charge in [-0.25, -0.2) is 4.79 Å². The maximum atomic E-state index is 12.3. The van der Waals surface area contributed by atoms with Gasteiger partial charge >= 0.3 is 6.03 Å². The molecule has 0 aromatic heterocycles. The van der Waals surface area contributed by atoms with Crippen molar-refractivity contribution in [2.75, 3.05) is 16.8 Å². The Morgan fingerprint density at radius 3 is 2.67 bits per heavy atom. The Morgan fingerprint density at radius 1 is 1.14 bits per heavy atom. The van der Waals surface area contributed by atoms with Gasteiger partial charge in [0.2, 0.25) is 0 Å². The topological polar surface area (TPSA) is 75.5 Å². The van der Waals surface area contributed by atoms with E-state index in [1.165, 1.54) is 12.1 Å². The normalized spacial score (nSPS) is 12.9. The van der Waals surface area contributed by atoms with Crippen molar-refractivity contribution in [1.82, 2.24) is 0 Å². The van der Waals surface area contributed by atoms with Crippen LogP contribution in [0.15, 0.2) is 48.5 Å². The van der Waals surface area contributed by atoms with E-state index in [4.69, 9.17) is 0 Å². The molecule has 0 radical (unpaired) electrons. The number of nitrogens with one attached hydrogen (secondary N) is 1. The molecule has 6 heteroatoms. The van der Waals surface area contributed by atoms with Gasteiger partial charge in [-0.3, -0.25) is 15.0 Å². The van der Waals surface area contributed by atoms with E-state index in [1.807, 2.05) is 24.3 Å². The number of fused-ring (bicyclic) bond motifs is 1. The molecule has 106 valence electrons. The molecule has 2 aromatic carbocycles. The number of nitrogens with zero attached hydrogens (tertiary/aromatic N) is 2. The van der Waals surface area contributed by atoms with Gasteiger partial charge in [0.1, 0.15) is 5.69 Å². The third-order valence-corrected chi connectivity index (χ3v) is 3.47. The van der Waals surface area contributed by atoms with Crippen molar-refractivity contribution in [3.05, 3.63) is 64.2 Å². The van der Waals surface area contributed by atoms with Crippen molar-refractivity contribution in [3.8, 4) is 0 Å². The molecule has 0 fully saturated rings. The highest BCUT2D eigenvalue weighted by Crippen LogP contribution is 2.29. The summed E-state index contributed by atoms with van der Waals surface area (Å²) in [6, 6.07) is 13.4. The van der Waals surface area contributed by atoms with E-state index in [9.17, 15) is 14.9 Å². The second-order valence-corrected chi connectivity index (χ2v) is 4.73. The van der Waals surface area contributed by atoms with Crippen LogP contribution in [-0.2, 0) is 6.42 Å². The minimum Gasteiger partial charge on any atom is -0.302 e. The first-order valence-corrected chi connectivity index (χ1v) is 6.56. The Labute approximate surface area is 121 Å². The number of urea groups is 1. The van der Waals surface area contributed by atoms with Gasteiger partial charge in [-0.2, -0.15) is 0 Å². The van der Waals surface area contributed by atoms with Crippen LogP contribution in [0.3, 0.4) is 0 Å². The van der Waals surface area contributed by atoms with Gasteiger partial charge in [0.15, 0.2) is 0 Å². The van der Waals surface area contributed by atoms with Crippen molar-refractivity contribution in [3.63, 3.8) is 0 Å². The molecule has 1 N–H and O–H groups in total. The molecule has 0 saturated carbocycles. The fourth-order valence-corrected chi connectivity index (χ4v) is 2.47. The second kappa shape index (κ2) is 5.24. The van der Waals surface area contributed by atoms with E-state index >= 15 is 0 Å². The van der Waals surface area contributed by atoms with Crippen LogP contribution >= 0.6 is 0 Å². The molecular weight excluding hydrogens is 270 g/mol. The summed E-state index contributed by atoms with van der Waals surface area (Å²) in [6.07, 6.45) is 0.792. The molecule has 0 bridgehead atoms. The van der Waals surface area contributed by atoms with Crippen LogP contribution in [0.2, 0.25) is 0 Å². The van der Waals surface area contributed by atoms with Crippen LogP contribution in [-0.4, -0.2) is 17.5 Å². The lowest BCUT2D eigenvalue weighted by atomic mass is 10.2. The first-order valence-electron chi connectivity index (χ1n) is 6.56. The van der Waals surface area contributed by atoms with Gasteiger partial charge < -0.3 is 5.32 Å². The third kappa shape index (κ3) is 2.43. The minimum absolute atomic E-state index is 0.113. The highest BCUT2D eigenvalue weighted by molar-refractivity contribution is 6.04. The molecule has 6 nitrogen and oxygen atoms in total. The Kier molecular flexibility index (Phi) is 3.27. The van der Waals surface area contributed by atoms with Crippen LogP contribution in [0.4, 0.5) is 21.9 Å².